The van der Waals surface area contributed by atoms with Gasteiger partial charge in [-0.05, 0) is 62.8 Å². The second kappa shape index (κ2) is 25.9. The number of nitrogens with zero attached hydrogens (tertiary/aromatic N) is 1. The molecule has 1 aliphatic carbocycles. The summed E-state index contributed by atoms with van der Waals surface area (Å²) >= 11 is 0. The highest BCUT2D eigenvalue weighted by Crippen LogP contribution is 2.51. The van der Waals surface area contributed by atoms with Crippen LogP contribution in [0.1, 0.15) is 181 Å². The van der Waals surface area contributed by atoms with Crippen LogP contribution in [0, 0.1) is 29.6 Å². The van der Waals surface area contributed by atoms with Gasteiger partial charge in [-0.25, -0.2) is 0 Å². The van der Waals surface area contributed by atoms with Crippen LogP contribution in [0.15, 0.2) is 0 Å². The zero-order valence-electron chi connectivity index (χ0n) is 30.5. The molecule has 0 aromatic heterocycles. The van der Waals surface area contributed by atoms with Crippen molar-refractivity contribution in [3.8, 4) is 0 Å². The fraction of sp³-hybridized carbons (Fsp3) is 0.950. The number of unbranched alkanes of at least 4 members (excludes halogenated alkanes) is 16. The summed E-state index contributed by atoms with van der Waals surface area (Å²) in [5.41, 5.74) is 0. The monoisotopic (exact) mass is 634 g/mol. The first-order valence-corrected chi connectivity index (χ1v) is 20.0. The van der Waals surface area contributed by atoms with Crippen LogP contribution >= 0.6 is 0 Å². The van der Waals surface area contributed by atoms with Crippen molar-refractivity contribution >= 4 is 11.9 Å². The molecular weight excluding hydrogens is 558 g/mol. The molecule has 5 nitrogen and oxygen atoms in total. The Balaban J connectivity index is 1.55. The smallest absolute Gasteiger partial charge is 0.309 e. The Labute approximate surface area is 279 Å². The van der Waals surface area contributed by atoms with Gasteiger partial charge >= 0.3 is 11.9 Å². The first-order valence-electron chi connectivity index (χ1n) is 20.0. The lowest BCUT2D eigenvalue weighted by atomic mass is 9.94. The first kappa shape index (κ1) is 40.1. The van der Waals surface area contributed by atoms with E-state index in [0.717, 1.165) is 25.9 Å². The molecule has 0 spiro atoms. The molecule has 1 saturated heterocycles. The van der Waals surface area contributed by atoms with E-state index in [4.69, 9.17) is 9.47 Å². The molecule has 1 aliphatic heterocycles. The third-order valence-corrected chi connectivity index (χ3v) is 10.7. The minimum Gasteiger partial charge on any atom is -0.465 e. The summed E-state index contributed by atoms with van der Waals surface area (Å²) in [6.45, 7) is 10.1. The highest BCUT2D eigenvalue weighted by Gasteiger charge is 2.59. The van der Waals surface area contributed by atoms with Crippen LogP contribution in [0.5, 0.6) is 0 Å². The lowest BCUT2D eigenvalue weighted by Gasteiger charge is -2.18. The van der Waals surface area contributed by atoms with E-state index in [0.29, 0.717) is 43.3 Å². The number of carbonyl (C=O) groups is 2. The number of carbonyl (C=O) groups excluding carboxylic acids is 2. The Morgan fingerprint density at radius 1 is 0.556 bits per heavy atom. The Morgan fingerprint density at radius 3 is 1.47 bits per heavy atom. The van der Waals surface area contributed by atoms with Crippen molar-refractivity contribution in [1.82, 2.24) is 4.90 Å². The summed E-state index contributed by atoms with van der Waals surface area (Å²) in [5.74, 6) is 2.44. The molecular formula is C40H75NO4. The molecule has 0 aromatic carbocycles. The van der Waals surface area contributed by atoms with E-state index in [9.17, 15) is 9.59 Å². The van der Waals surface area contributed by atoms with Crippen molar-refractivity contribution in [3.05, 3.63) is 0 Å². The maximum atomic E-state index is 12.8. The number of hydrogen-bond donors (Lipinski definition) is 0. The van der Waals surface area contributed by atoms with Gasteiger partial charge in [0.1, 0.15) is 0 Å². The summed E-state index contributed by atoms with van der Waals surface area (Å²) in [6.07, 6.45) is 30.7. The van der Waals surface area contributed by atoms with Gasteiger partial charge in [0, 0.05) is 19.5 Å². The van der Waals surface area contributed by atoms with Gasteiger partial charge in [0.2, 0.25) is 0 Å². The highest BCUT2D eigenvalue weighted by molar-refractivity contribution is 5.77. The van der Waals surface area contributed by atoms with Crippen molar-refractivity contribution in [2.75, 3.05) is 33.4 Å². The molecule has 264 valence electrons. The SMILES string of the molecule is CCCCCCCCCCC(CCCCCCCCC(=O)OCC(CCCC)CCCCCC)COC(=O)[C@H]1C2CN(C)C[C@H]21. The number of likely N-dealkylation sites (tertiary alicyclic amines) is 1. The van der Waals surface area contributed by atoms with Crippen LogP contribution in [0.3, 0.4) is 0 Å². The Kier molecular flexibility index (Phi) is 23.1. The summed E-state index contributed by atoms with van der Waals surface area (Å²) in [5, 5.41) is 0. The molecule has 0 bridgehead atoms. The van der Waals surface area contributed by atoms with Crippen molar-refractivity contribution in [2.24, 2.45) is 29.6 Å². The van der Waals surface area contributed by atoms with E-state index in [1.165, 1.54) is 141 Å². The molecule has 2 rings (SSSR count). The van der Waals surface area contributed by atoms with Gasteiger partial charge < -0.3 is 14.4 Å². The molecule has 1 heterocycles. The van der Waals surface area contributed by atoms with Crippen molar-refractivity contribution < 1.29 is 19.1 Å². The number of hydrogen-bond acceptors (Lipinski definition) is 5. The standard InChI is InChI=1S/C40H75NO4/c1-5-8-11-13-14-15-18-22-27-35(33-45-40(43)39-36-30-41(4)31-37(36)39)28-23-19-16-17-20-24-29-38(42)44-32-34(25-10-7-3)26-21-12-9-6-2/h34-37,39H,5-33H2,1-4H3/t34?,35?,36-,37?,39-/m1/s1. The molecule has 0 aromatic rings. The minimum atomic E-state index is 0.00486. The summed E-state index contributed by atoms with van der Waals surface area (Å²) in [7, 11) is 2.16. The molecule has 0 radical (unpaired) electrons. The molecule has 0 N–H and O–H groups in total. The molecule has 5 heteroatoms. The fourth-order valence-corrected chi connectivity index (χ4v) is 7.62. The number of esters is 2. The van der Waals surface area contributed by atoms with E-state index in [2.05, 4.69) is 32.7 Å². The van der Waals surface area contributed by atoms with Crippen LogP contribution in [-0.4, -0.2) is 50.2 Å². The Hall–Kier alpha value is -1.10. The largest absolute Gasteiger partial charge is 0.465 e. The maximum absolute atomic E-state index is 12.8. The van der Waals surface area contributed by atoms with Gasteiger partial charge in [0.25, 0.3) is 0 Å². The minimum absolute atomic E-state index is 0.00486. The zero-order valence-corrected chi connectivity index (χ0v) is 30.5. The lowest BCUT2D eigenvalue weighted by Crippen LogP contribution is -2.24. The summed E-state index contributed by atoms with van der Waals surface area (Å²) in [6, 6.07) is 0. The highest BCUT2D eigenvalue weighted by atomic mass is 16.5. The molecule has 2 fully saturated rings. The van der Waals surface area contributed by atoms with Gasteiger partial charge in [0.05, 0.1) is 19.1 Å². The van der Waals surface area contributed by atoms with E-state index in [1.807, 2.05) is 0 Å². The van der Waals surface area contributed by atoms with Crippen molar-refractivity contribution in [3.63, 3.8) is 0 Å². The average molecular weight is 634 g/mol. The van der Waals surface area contributed by atoms with E-state index in [-0.39, 0.29) is 17.9 Å². The van der Waals surface area contributed by atoms with Crippen LogP contribution in [0.25, 0.3) is 0 Å². The predicted molar refractivity (Wildman–Crippen MR) is 189 cm³/mol. The second-order valence-electron chi connectivity index (χ2n) is 15.0. The predicted octanol–water partition coefficient (Wildman–Crippen LogP) is 10.9. The van der Waals surface area contributed by atoms with Crippen molar-refractivity contribution in [1.29, 1.82) is 0 Å². The summed E-state index contributed by atoms with van der Waals surface area (Å²) < 4.78 is 11.6. The molecule has 1 saturated carbocycles. The van der Waals surface area contributed by atoms with Gasteiger partial charge in [-0.15, -0.1) is 0 Å². The number of rotatable bonds is 31. The second-order valence-corrected chi connectivity index (χ2v) is 15.0. The third-order valence-electron chi connectivity index (χ3n) is 10.7. The van der Waals surface area contributed by atoms with Gasteiger partial charge in [-0.3, -0.25) is 9.59 Å². The van der Waals surface area contributed by atoms with Crippen LogP contribution < -0.4 is 0 Å². The van der Waals surface area contributed by atoms with Gasteiger partial charge in [0.15, 0.2) is 0 Å². The average Bonchev–Trinajstić information content (AvgIpc) is 3.56. The van der Waals surface area contributed by atoms with Crippen LogP contribution in [0.4, 0.5) is 0 Å². The van der Waals surface area contributed by atoms with Crippen LogP contribution in [-0.2, 0) is 19.1 Å². The van der Waals surface area contributed by atoms with E-state index in [1.54, 1.807) is 0 Å². The van der Waals surface area contributed by atoms with E-state index < -0.39 is 0 Å². The Morgan fingerprint density at radius 2 is 0.956 bits per heavy atom. The Bertz CT molecular complexity index is 730. The van der Waals surface area contributed by atoms with Crippen molar-refractivity contribution in [2.45, 2.75) is 181 Å². The third kappa shape index (κ3) is 18.7. The molecule has 2 aliphatic rings. The molecule has 45 heavy (non-hydrogen) atoms. The van der Waals surface area contributed by atoms with E-state index >= 15 is 0 Å². The number of ether oxygens (including phenoxy) is 2. The fourth-order valence-electron chi connectivity index (χ4n) is 7.62. The normalized spacial score (nSPS) is 20.6. The quantitative estimate of drug-likeness (QED) is 0.0561. The molecule has 3 unspecified atom stereocenters. The topological polar surface area (TPSA) is 55.8 Å². The molecule has 5 atom stereocenters. The zero-order chi connectivity index (χ0) is 32.5. The lowest BCUT2D eigenvalue weighted by molar-refractivity contribution is -0.148. The molecule has 0 amide bonds. The number of fused-ring (bicyclic) bond motifs is 1. The number of piperidine rings is 1. The maximum Gasteiger partial charge on any atom is 0.309 e. The van der Waals surface area contributed by atoms with Gasteiger partial charge in [-0.2, -0.15) is 0 Å². The van der Waals surface area contributed by atoms with Crippen LogP contribution in [0.2, 0.25) is 0 Å². The first-order chi connectivity index (χ1) is 22.0. The van der Waals surface area contributed by atoms with Gasteiger partial charge in [-0.1, -0.05) is 143 Å². The summed E-state index contributed by atoms with van der Waals surface area (Å²) in [4.78, 5) is 27.5.